The summed E-state index contributed by atoms with van der Waals surface area (Å²) in [6.07, 6.45) is 0. The molecule has 0 N–H and O–H groups in total. The number of benzene rings is 8. The van der Waals surface area contributed by atoms with Crippen molar-refractivity contribution in [3.05, 3.63) is 193 Å². The molecule has 2 aliphatic rings. The van der Waals surface area contributed by atoms with E-state index in [0.717, 1.165) is 45.2 Å². The van der Waals surface area contributed by atoms with Crippen LogP contribution in [0, 0.1) is 0 Å². The summed E-state index contributed by atoms with van der Waals surface area (Å²) in [6, 6.07) is 65.5. The largest absolute Gasteiger partial charge is 0.435 e. The van der Waals surface area contributed by atoms with Crippen LogP contribution in [0.15, 0.2) is 186 Å². The monoisotopic (exact) mass is 704 g/mol. The lowest BCUT2D eigenvalue weighted by Gasteiger charge is -2.28. The van der Waals surface area contributed by atoms with Gasteiger partial charge < -0.3 is 9.32 Å². The topological polar surface area (TPSA) is 29.3 Å². The van der Waals surface area contributed by atoms with E-state index in [1.807, 2.05) is 30.3 Å². The molecule has 8 aromatic carbocycles. The van der Waals surface area contributed by atoms with Crippen molar-refractivity contribution in [3.8, 4) is 67.4 Å². The third-order valence-corrected chi connectivity index (χ3v) is 11.7. The molecule has 11 rings (SSSR count). The number of anilines is 3. The highest BCUT2D eigenvalue weighted by Gasteiger charge is 2.36. The molecule has 260 valence electrons. The maximum Gasteiger partial charge on any atom is 0.227 e. The molecule has 0 bridgehead atoms. The lowest BCUT2D eigenvalue weighted by molar-refractivity contribution is 0.590. The van der Waals surface area contributed by atoms with Crippen LogP contribution in [0.5, 0.6) is 0 Å². The minimum atomic E-state index is -0.0983. The van der Waals surface area contributed by atoms with Crippen molar-refractivity contribution in [1.29, 1.82) is 0 Å². The number of rotatable bonds is 6. The van der Waals surface area contributed by atoms with Crippen molar-refractivity contribution in [2.24, 2.45) is 0 Å². The van der Waals surface area contributed by atoms with Gasteiger partial charge in [-0.25, -0.2) is 4.98 Å². The first-order chi connectivity index (χ1) is 27.0. The fourth-order valence-corrected chi connectivity index (χ4v) is 8.94. The van der Waals surface area contributed by atoms with E-state index < -0.39 is 0 Å². The molecule has 3 heteroatoms. The zero-order valence-electron chi connectivity index (χ0n) is 30.6. The summed E-state index contributed by atoms with van der Waals surface area (Å²) in [5.41, 5.74) is 17.5. The van der Waals surface area contributed by atoms with Crippen LogP contribution in [0.4, 0.5) is 17.1 Å². The average Bonchev–Trinajstić information content (AvgIpc) is 3.88. The van der Waals surface area contributed by atoms with Gasteiger partial charge in [0, 0.05) is 44.6 Å². The fraction of sp³-hybridized carbons (Fsp3) is 0.0577. The van der Waals surface area contributed by atoms with Gasteiger partial charge in [0.1, 0.15) is 5.69 Å². The average molecular weight is 705 g/mol. The maximum atomic E-state index is 6.43. The van der Waals surface area contributed by atoms with Crippen molar-refractivity contribution in [1.82, 2.24) is 4.98 Å². The zero-order valence-corrected chi connectivity index (χ0v) is 30.6. The number of hydrogen-bond acceptors (Lipinski definition) is 3. The zero-order chi connectivity index (χ0) is 36.7. The SMILES string of the molecule is CC1(C)c2ccccc2-c2ccc(N(c3ccc(-c4ccccc4)cc3)c3ccc(-c4ccc5c6c(cccc46)-c4oc(-c6ccccc6)nc4-5)cc3)cc21. The molecule has 2 aliphatic carbocycles. The minimum absolute atomic E-state index is 0.0983. The van der Waals surface area contributed by atoms with Gasteiger partial charge in [-0.05, 0) is 98.4 Å². The molecule has 0 amide bonds. The van der Waals surface area contributed by atoms with Crippen LogP contribution in [0.3, 0.4) is 0 Å². The molecule has 3 nitrogen and oxygen atoms in total. The molecule has 0 saturated carbocycles. The molecule has 0 atom stereocenters. The third kappa shape index (κ3) is 4.86. The second-order valence-electron chi connectivity index (χ2n) is 15.1. The van der Waals surface area contributed by atoms with E-state index in [0.29, 0.717) is 5.89 Å². The number of hydrogen-bond donors (Lipinski definition) is 0. The predicted octanol–water partition coefficient (Wildman–Crippen LogP) is 14.3. The molecule has 0 saturated heterocycles. The second kappa shape index (κ2) is 12.0. The highest BCUT2D eigenvalue weighted by atomic mass is 16.4. The van der Waals surface area contributed by atoms with Gasteiger partial charge in [0.2, 0.25) is 5.89 Å². The van der Waals surface area contributed by atoms with Crippen molar-refractivity contribution < 1.29 is 4.42 Å². The molecule has 0 unspecified atom stereocenters. The Hall–Kier alpha value is -6.97. The summed E-state index contributed by atoms with van der Waals surface area (Å²) >= 11 is 0. The smallest absolute Gasteiger partial charge is 0.227 e. The molecular formula is C52H36N2O. The van der Waals surface area contributed by atoms with Gasteiger partial charge in [-0.2, -0.15) is 0 Å². The van der Waals surface area contributed by atoms with Crippen molar-refractivity contribution in [3.63, 3.8) is 0 Å². The van der Waals surface area contributed by atoms with Gasteiger partial charge in [-0.15, -0.1) is 0 Å². The van der Waals surface area contributed by atoms with E-state index in [1.54, 1.807) is 0 Å². The van der Waals surface area contributed by atoms with Gasteiger partial charge in [0.25, 0.3) is 0 Å². The Morgan fingerprint density at radius 2 is 1.00 bits per heavy atom. The van der Waals surface area contributed by atoms with Gasteiger partial charge in [0.15, 0.2) is 5.76 Å². The van der Waals surface area contributed by atoms with E-state index in [1.165, 1.54) is 55.3 Å². The van der Waals surface area contributed by atoms with E-state index in [9.17, 15) is 0 Å². The van der Waals surface area contributed by atoms with E-state index in [4.69, 9.17) is 9.40 Å². The number of nitrogens with zero attached hydrogens (tertiary/aromatic N) is 2. The van der Waals surface area contributed by atoms with Crippen LogP contribution in [0.25, 0.3) is 78.2 Å². The van der Waals surface area contributed by atoms with Crippen molar-refractivity contribution in [2.45, 2.75) is 19.3 Å². The van der Waals surface area contributed by atoms with Gasteiger partial charge in [-0.3, -0.25) is 0 Å². The Labute approximate surface area is 320 Å². The Morgan fingerprint density at radius 1 is 0.436 bits per heavy atom. The van der Waals surface area contributed by atoms with Gasteiger partial charge in [-0.1, -0.05) is 147 Å². The maximum absolute atomic E-state index is 6.43. The standard InChI is InChI=1S/C52H36N2O/c1-52(2)46-19-10-9-16-41(46)42-29-28-39(32-47(42)52)54(37-24-20-34(21-25-37)33-12-5-3-6-13-33)38-26-22-35(23-27-38)40-30-31-44-48-43(40)17-11-18-45(48)50-49(44)53-51(55-50)36-14-7-4-8-15-36/h3-32H,1-2H3. The predicted molar refractivity (Wildman–Crippen MR) is 227 cm³/mol. The second-order valence-corrected chi connectivity index (χ2v) is 15.1. The number of aromatic nitrogens is 1. The Morgan fingerprint density at radius 3 is 1.75 bits per heavy atom. The Balaban J connectivity index is 0.996. The van der Waals surface area contributed by atoms with E-state index in [-0.39, 0.29) is 5.41 Å². The lowest BCUT2D eigenvalue weighted by atomic mass is 9.82. The van der Waals surface area contributed by atoms with Crippen molar-refractivity contribution in [2.75, 3.05) is 4.90 Å². The summed E-state index contributed by atoms with van der Waals surface area (Å²) in [6.45, 7) is 4.69. The lowest BCUT2D eigenvalue weighted by Crippen LogP contribution is -2.16. The Kier molecular flexibility index (Phi) is 6.90. The fourth-order valence-electron chi connectivity index (χ4n) is 8.94. The molecule has 0 aliphatic heterocycles. The molecule has 0 radical (unpaired) electrons. The molecule has 9 aromatic rings. The quantitative estimate of drug-likeness (QED) is 0.173. The first-order valence-corrected chi connectivity index (χ1v) is 19.0. The number of oxazole rings is 1. The van der Waals surface area contributed by atoms with Crippen LogP contribution in [-0.2, 0) is 5.41 Å². The molecule has 0 spiro atoms. The normalized spacial score (nSPS) is 13.1. The highest BCUT2D eigenvalue weighted by Crippen LogP contribution is 2.52. The summed E-state index contributed by atoms with van der Waals surface area (Å²) in [4.78, 5) is 7.37. The highest BCUT2D eigenvalue weighted by molar-refractivity contribution is 6.17. The van der Waals surface area contributed by atoms with Crippen LogP contribution in [0.1, 0.15) is 25.0 Å². The first-order valence-electron chi connectivity index (χ1n) is 19.0. The van der Waals surface area contributed by atoms with Gasteiger partial charge >= 0.3 is 0 Å². The molecule has 0 fully saturated rings. The van der Waals surface area contributed by atoms with Crippen LogP contribution in [0.2, 0.25) is 0 Å². The summed E-state index contributed by atoms with van der Waals surface area (Å²) in [7, 11) is 0. The first kappa shape index (κ1) is 31.5. The molecule has 1 heterocycles. The molecule has 1 aromatic heterocycles. The van der Waals surface area contributed by atoms with Crippen molar-refractivity contribution >= 4 is 27.8 Å². The van der Waals surface area contributed by atoms with Crippen LogP contribution >= 0.6 is 0 Å². The molecule has 55 heavy (non-hydrogen) atoms. The Bertz CT molecular complexity index is 2890. The minimum Gasteiger partial charge on any atom is -0.435 e. The summed E-state index contributed by atoms with van der Waals surface area (Å²) in [5.74, 6) is 1.50. The third-order valence-electron chi connectivity index (χ3n) is 11.7. The number of fused-ring (bicyclic) bond motifs is 6. The summed E-state index contributed by atoms with van der Waals surface area (Å²) < 4.78 is 6.43. The van der Waals surface area contributed by atoms with Crippen LogP contribution in [-0.4, -0.2) is 4.98 Å². The van der Waals surface area contributed by atoms with Gasteiger partial charge in [0.05, 0.1) is 0 Å². The summed E-state index contributed by atoms with van der Waals surface area (Å²) in [5, 5.41) is 2.40. The molecular weight excluding hydrogens is 669 g/mol. The van der Waals surface area contributed by atoms with E-state index >= 15 is 0 Å². The van der Waals surface area contributed by atoms with E-state index in [2.05, 4.69) is 170 Å². The van der Waals surface area contributed by atoms with Crippen LogP contribution < -0.4 is 4.90 Å².